The zero-order valence-electron chi connectivity index (χ0n) is 9.91. The van der Waals surface area contributed by atoms with Crippen molar-refractivity contribution >= 4 is 11.7 Å². The average molecular weight is 290 g/mol. The normalized spacial score (nSPS) is 10.8. The molecule has 0 bridgehead atoms. The van der Waals surface area contributed by atoms with Crippen LogP contribution in [0, 0.1) is 15.0 Å². The molecule has 11 nitrogen and oxygen atoms in total. The maximum absolute atomic E-state index is 10.5. The minimum atomic E-state index is -1.25. The van der Waals surface area contributed by atoms with E-state index >= 15 is 0 Å². The molecular formula is C9H12N3O8+. The highest BCUT2D eigenvalue weighted by Crippen LogP contribution is 2.26. The molecular weight excluding hydrogens is 278 g/mol. The monoisotopic (exact) mass is 290 g/mol. The SMILES string of the molecule is NC(Cc1ccc(O)c([N+](=O)[O-])c1)C(=O)O.O=[N+](O)O. The number of hydrogen-bond donors (Lipinski definition) is 5. The Balaban J connectivity index is 0.000000796. The summed E-state index contributed by atoms with van der Waals surface area (Å²) in [4.78, 5) is 28.7. The van der Waals surface area contributed by atoms with Gasteiger partial charge in [0.2, 0.25) is 0 Å². The van der Waals surface area contributed by atoms with Gasteiger partial charge >= 0.3 is 16.7 Å². The Morgan fingerprint density at radius 3 is 2.25 bits per heavy atom. The number of benzene rings is 1. The lowest BCUT2D eigenvalue weighted by atomic mass is 10.1. The van der Waals surface area contributed by atoms with Crippen LogP contribution in [0.4, 0.5) is 5.69 Å². The van der Waals surface area contributed by atoms with Crippen LogP contribution in [0.25, 0.3) is 0 Å². The van der Waals surface area contributed by atoms with E-state index in [1.807, 2.05) is 0 Å². The third-order valence-electron chi connectivity index (χ3n) is 2.01. The number of aliphatic carboxylic acids is 1. The van der Waals surface area contributed by atoms with Crippen LogP contribution in [-0.2, 0) is 11.2 Å². The number of nitrogens with two attached hydrogens (primary N) is 1. The Morgan fingerprint density at radius 1 is 1.35 bits per heavy atom. The Bertz CT molecular complexity index is 514. The van der Waals surface area contributed by atoms with Crippen molar-refractivity contribution in [2.45, 2.75) is 12.5 Å². The van der Waals surface area contributed by atoms with Gasteiger partial charge in [-0.3, -0.25) is 14.9 Å². The number of phenolic OH excluding ortho intramolecular Hbond substituents is 1. The Labute approximate surface area is 111 Å². The molecule has 1 aromatic carbocycles. The maximum Gasteiger partial charge on any atom is 0.472 e. The summed E-state index contributed by atoms with van der Waals surface area (Å²) in [5.74, 6) is -1.65. The lowest BCUT2D eigenvalue weighted by Crippen LogP contribution is -2.32. The highest BCUT2D eigenvalue weighted by atomic mass is 16.9. The first-order valence-electron chi connectivity index (χ1n) is 4.94. The van der Waals surface area contributed by atoms with Crippen LogP contribution >= 0.6 is 0 Å². The third-order valence-corrected chi connectivity index (χ3v) is 2.01. The predicted molar refractivity (Wildman–Crippen MR) is 61.3 cm³/mol. The molecule has 1 atom stereocenters. The highest BCUT2D eigenvalue weighted by molar-refractivity contribution is 5.73. The minimum Gasteiger partial charge on any atom is -0.502 e. The first kappa shape index (κ1) is 17.1. The molecule has 1 unspecified atom stereocenters. The smallest absolute Gasteiger partial charge is 0.472 e. The minimum absolute atomic E-state index is 0.0313. The van der Waals surface area contributed by atoms with Crippen molar-refractivity contribution in [1.29, 1.82) is 0 Å². The summed E-state index contributed by atoms with van der Waals surface area (Å²) >= 11 is 0. The van der Waals surface area contributed by atoms with Crippen molar-refractivity contribution in [2.24, 2.45) is 5.73 Å². The fourth-order valence-electron chi connectivity index (χ4n) is 1.18. The van der Waals surface area contributed by atoms with Crippen molar-refractivity contribution in [3.8, 4) is 5.75 Å². The molecule has 20 heavy (non-hydrogen) atoms. The van der Waals surface area contributed by atoms with Crippen LogP contribution in [0.15, 0.2) is 18.2 Å². The zero-order chi connectivity index (χ0) is 15.9. The Morgan fingerprint density at radius 2 is 1.85 bits per heavy atom. The molecule has 0 heterocycles. The molecule has 1 rings (SSSR count). The van der Waals surface area contributed by atoms with Gasteiger partial charge in [-0.2, -0.15) is 0 Å². The standard InChI is InChI=1S/C9H10N2O5.H2NO3/c10-6(9(13)14)3-5-1-2-8(12)7(4-5)11(15)16;2-1(3)4/h1-2,4,6,12H,3,10H2,(H,13,14);(H2,2,3,4)/q;+1. The quantitative estimate of drug-likeness (QED) is 0.369. The highest BCUT2D eigenvalue weighted by Gasteiger charge is 2.17. The Hall–Kier alpha value is -2.95. The average Bonchev–Trinajstić information content (AvgIpc) is 2.30. The zero-order valence-corrected chi connectivity index (χ0v) is 9.91. The summed E-state index contributed by atoms with van der Waals surface area (Å²) in [6.45, 7) is 0. The van der Waals surface area contributed by atoms with Gasteiger partial charge in [0.1, 0.15) is 10.9 Å². The predicted octanol–water partition coefficient (Wildman–Crippen LogP) is -0.202. The van der Waals surface area contributed by atoms with Gasteiger partial charge in [-0.15, -0.1) is 0 Å². The topological polar surface area (TPSA) is 187 Å². The second kappa shape index (κ2) is 7.48. The molecule has 0 spiro atoms. The van der Waals surface area contributed by atoms with Crippen molar-refractivity contribution < 1.29 is 35.4 Å². The van der Waals surface area contributed by atoms with Gasteiger partial charge in [0, 0.05) is 6.07 Å². The number of phenols is 1. The molecule has 1 aromatic rings. The second-order valence-corrected chi connectivity index (χ2v) is 3.48. The number of aromatic hydroxyl groups is 1. The van der Waals surface area contributed by atoms with E-state index in [2.05, 4.69) is 0 Å². The molecule has 110 valence electrons. The van der Waals surface area contributed by atoms with E-state index < -0.39 is 33.5 Å². The number of carbonyl (C=O) groups is 1. The van der Waals surface area contributed by atoms with E-state index in [1.54, 1.807) is 0 Å². The van der Waals surface area contributed by atoms with Gasteiger partial charge in [0.15, 0.2) is 5.75 Å². The molecule has 0 aliphatic rings. The van der Waals surface area contributed by atoms with Crippen molar-refractivity contribution in [1.82, 2.24) is 0 Å². The first-order valence-corrected chi connectivity index (χ1v) is 4.94. The third kappa shape index (κ3) is 6.11. The van der Waals surface area contributed by atoms with Gasteiger partial charge in [0.25, 0.3) is 0 Å². The molecule has 0 amide bonds. The largest absolute Gasteiger partial charge is 0.502 e. The summed E-state index contributed by atoms with van der Waals surface area (Å²) in [7, 11) is 0. The molecule has 0 aliphatic heterocycles. The number of nitrogens with zero attached hydrogens (tertiary/aromatic N) is 2. The van der Waals surface area contributed by atoms with Gasteiger partial charge in [-0.1, -0.05) is 6.07 Å². The van der Waals surface area contributed by atoms with E-state index in [9.17, 15) is 14.9 Å². The maximum atomic E-state index is 10.5. The van der Waals surface area contributed by atoms with Crippen molar-refractivity contribution in [3.63, 3.8) is 0 Å². The number of nitro benzene ring substituents is 1. The van der Waals surface area contributed by atoms with Crippen LogP contribution in [0.5, 0.6) is 5.75 Å². The molecule has 0 saturated carbocycles. The molecule has 0 saturated heterocycles. The van der Waals surface area contributed by atoms with Gasteiger partial charge in [-0.05, 0) is 18.1 Å². The molecule has 0 aromatic heterocycles. The van der Waals surface area contributed by atoms with E-state index in [-0.39, 0.29) is 6.42 Å². The second-order valence-electron chi connectivity index (χ2n) is 3.48. The summed E-state index contributed by atoms with van der Waals surface area (Å²) in [5, 5.41) is 40.7. The number of carboxylic acid groups (broad SMARTS) is 1. The van der Waals surface area contributed by atoms with Crippen molar-refractivity contribution in [2.75, 3.05) is 0 Å². The van der Waals surface area contributed by atoms with Gasteiger partial charge in [0.05, 0.1) is 4.92 Å². The van der Waals surface area contributed by atoms with Crippen LogP contribution in [0.1, 0.15) is 5.56 Å². The number of rotatable bonds is 4. The molecule has 11 heteroatoms. The van der Waals surface area contributed by atoms with E-state index in [0.717, 1.165) is 12.1 Å². The van der Waals surface area contributed by atoms with E-state index in [1.165, 1.54) is 6.07 Å². The van der Waals surface area contributed by atoms with Crippen LogP contribution < -0.4 is 5.73 Å². The Kier molecular flexibility index (Phi) is 6.37. The van der Waals surface area contributed by atoms with E-state index in [4.69, 9.17) is 31.3 Å². The van der Waals surface area contributed by atoms with Crippen molar-refractivity contribution in [3.05, 3.63) is 38.8 Å². The summed E-state index contributed by atoms with van der Waals surface area (Å²) in [6.07, 6.45) is -0.0313. The number of hydrogen-bond acceptors (Lipinski definition) is 6. The van der Waals surface area contributed by atoms with Crippen LogP contribution in [0.2, 0.25) is 0 Å². The number of nitro groups is 1. The lowest BCUT2D eigenvalue weighted by Gasteiger charge is -2.06. The fraction of sp³-hybridized carbons (Fsp3) is 0.222. The lowest BCUT2D eigenvalue weighted by molar-refractivity contribution is -0.969. The summed E-state index contributed by atoms with van der Waals surface area (Å²) < 4.78 is 0. The molecule has 0 radical (unpaired) electrons. The number of carboxylic acids is 1. The molecule has 0 fully saturated rings. The first-order chi connectivity index (χ1) is 9.15. The molecule has 0 aliphatic carbocycles. The summed E-state index contributed by atoms with van der Waals surface area (Å²) in [6, 6.07) is 2.52. The van der Waals surface area contributed by atoms with Gasteiger partial charge in [-0.25, -0.2) is 10.4 Å². The van der Waals surface area contributed by atoms with Gasteiger partial charge < -0.3 is 15.9 Å². The van der Waals surface area contributed by atoms with Crippen LogP contribution in [-0.4, -0.2) is 42.6 Å². The van der Waals surface area contributed by atoms with Crippen LogP contribution in [0.3, 0.4) is 0 Å². The summed E-state index contributed by atoms with van der Waals surface area (Å²) in [5.41, 5.74) is 5.21. The molecule has 6 N–H and O–H groups in total. The fourth-order valence-corrected chi connectivity index (χ4v) is 1.18. The van der Waals surface area contributed by atoms with E-state index in [0.29, 0.717) is 5.56 Å².